The Labute approximate surface area is 150 Å². The molecule has 0 bridgehead atoms. The molecule has 0 aromatic carbocycles. The first-order valence-electron chi connectivity index (χ1n) is 10.3. The molecule has 0 aromatic heterocycles. The lowest BCUT2D eigenvalue weighted by molar-refractivity contribution is -0.756. The van der Waals surface area contributed by atoms with E-state index in [1.807, 2.05) is 0 Å². The van der Waals surface area contributed by atoms with Crippen molar-refractivity contribution >= 4 is 11.8 Å². The predicted molar refractivity (Wildman–Crippen MR) is 103 cm³/mol. The van der Waals surface area contributed by atoms with E-state index >= 15 is 0 Å². The van der Waals surface area contributed by atoms with Crippen LogP contribution in [0.3, 0.4) is 0 Å². The second-order valence-electron chi connectivity index (χ2n) is 7.55. The predicted octanol–water partition coefficient (Wildman–Crippen LogP) is 6.01. The lowest BCUT2D eigenvalue weighted by Gasteiger charge is -2.26. The van der Waals surface area contributed by atoms with Crippen LogP contribution in [0.25, 0.3) is 0 Å². The van der Waals surface area contributed by atoms with Crippen LogP contribution in [0.4, 0.5) is 0 Å². The minimum Gasteiger partial charge on any atom is -0.231 e. The van der Waals surface area contributed by atoms with Gasteiger partial charge in [0.15, 0.2) is 0 Å². The summed E-state index contributed by atoms with van der Waals surface area (Å²) in [6.07, 6.45) is 18.5. The topological polar surface area (TPSA) is 34.1 Å². The highest BCUT2D eigenvalue weighted by atomic mass is 16.2. The van der Waals surface area contributed by atoms with Gasteiger partial charge < -0.3 is 0 Å². The molecule has 0 aromatic rings. The Balaban J connectivity index is 3.40. The molecule has 0 heterocycles. The number of carbonyl (C=O) groups is 2. The fourth-order valence-electron chi connectivity index (χ4n) is 3.16. The smallest absolute Gasteiger partial charge is 0.231 e. The monoisotopic (exact) mass is 340 g/mol. The van der Waals surface area contributed by atoms with E-state index in [-0.39, 0.29) is 16.3 Å². The number of nitrogens with zero attached hydrogens (tertiary/aromatic N) is 1. The molecule has 0 aliphatic rings. The Hall–Kier alpha value is -0.700. The molecule has 0 N–H and O–H groups in total. The number of hydrogen-bond acceptors (Lipinski definition) is 2. The fraction of sp³-hybridized carbons (Fsp3) is 0.905. The Morgan fingerprint density at radius 2 is 0.875 bits per heavy atom. The number of rotatable bonds is 15. The maximum atomic E-state index is 11.6. The Bertz CT molecular complexity index is 325. The van der Waals surface area contributed by atoms with Crippen LogP contribution in [-0.2, 0) is 9.59 Å². The highest BCUT2D eigenvalue weighted by Gasteiger charge is 2.32. The summed E-state index contributed by atoms with van der Waals surface area (Å²) in [6.45, 7) is 5.96. The molecular weight excluding hydrogens is 298 g/mol. The lowest BCUT2D eigenvalue weighted by Crippen LogP contribution is -2.52. The van der Waals surface area contributed by atoms with Gasteiger partial charge >= 0.3 is 11.8 Å². The van der Waals surface area contributed by atoms with E-state index < -0.39 is 0 Å². The summed E-state index contributed by atoms with van der Waals surface area (Å²) in [6, 6.07) is 0. The van der Waals surface area contributed by atoms with Gasteiger partial charge in [0, 0.05) is 0 Å². The molecule has 0 spiro atoms. The summed E-state index contributed by atoms with van der Waals surface area (Å²) >= 11 is 0. The first kappa shape index (κ1) is 23.3. The standard InChI is InChI=1S/C21H42NO2/c1-5-6-7-8-9-10-11-12-13-14-15-16-17-18-19-22(4,20(2)23)21(3)24/h5-19H2,1-4H3/q+1. The van der Waals surface area contributed by atoms with Crippen LogP contribution in [0.15, 0.2) is 0 Å². The lowest BCUT2D eigenvalue weighted by atomic mass is 10.0. The maximum absolute atomic E-state index is 11.6. The summed E-state index contributed by atoms with van der Waals surface area (Å²) in [4.78, 5) is 23.2. The largest absolute Gasteiger partial charge is 0.317 e. The molecule has 0 saturated carbocycles. The first-order chi connectivity index (χ1) is 11.4. The molecule has 0 rings (SSSR count). The van der Waals surface area contributed by atoms with Gasteiger partial charge in [-0.1, -0.05) is 84.0 Å². The normalized spacial score (nSPS) is 11.7. The van der Waals surface area contributed by atoms with Crippen molar-refractivity contribution in [2.75, 3.05) is 13.6 Å². The van der Waals surface area contributed by atoms with Crippen molar-refractivity contribution in [3.05, 3.63) is 0 Å². The molecule has 3 nitrogen and oxygen atoms in total. The van der Waals surface area contributed by atoms with Gasteiger partial charge in [-0.15, -0.1) is 0 Å². The van der Waals surface area contributed by atoms with Gasteiger partial charge in [-0.2, -0.15) is 0 Å². The van der Waals surface area contributed by atoms with E-state index in [0.717, 1.165) is 12.8 Å². The zero-order chi connectivity index (χ0) is 18.3. The molecule has 0 radical (unpaired) electrons. The van der Waals surface area contributed by atoms with Crippen LogP contribution < -0.4 is 0 Å². The molecule has 142 valence electrons. The molecule has 0 fully saturated rings. The van der Waals surface area contributed by atoms with Crippen LogP contribution in [0, 0.1) is 0 Å². The third kappa shape index (κ3) is 11.0. The van der Waals surface area contributed by atoms with E-state index in [4.69, 9.17) is 0 Å². The molecule has 24 heavy (non-hydrogen) atoms. The summed E-state index contributed by atoms with van der Waals surface area (Å²) in [5.41, 5.74) is 0. The number of amides is 2. The van der Waals surface area contributed by atoms with E-state index in [0.29, 0.717) is 6.54 Å². The average molecular weight is 341 g/mol. The van der Waals surface area contributed by atoms with E-state index in [2.05, 4.69) is 6.92 Å². The van der Waals surface area contributed by atoms with Crippen LogP contribution >= 0.6 is 0 Å². The molecule has 0 unspecified atom stereocenters. The quantitative estimate of drug-likeness (QED) is 0.270. The van der Waals surface area contributed by atoms with Crippen molar-refractivity contribution in [3.8, 4) is 0 Å². The van der Waals surface area contributed by atoms with Crippen molar-refractivity contribution in [2.45, 2.75) is 111 Å². The summed E-state index contributed by atoms with van der Waals surface area (Å²) in [5, 5.41) is 0. The zero-order valence-electron chi connectivity index (χ0n) is 16.9. The maximum Gasteiger partial charge on any atom is 0.317 e. The van der Waals surface area contributed by atoms with Crippen molar-refractivity contribution in [3.63, 3.8) is 0 Å². The van der Waals surface area contributed by atoms with Gasteiger partial charge in [0.2, 0.25) is 0 Å². The Morgan fingerprint density at radius 3 is 1.17 bits per heavy atom. The zero-order valence-corrected chi connectivity index (χ0v) is 16.9. The number of hydrogen-bond donors (Lipinski definition) is 0. The number of unbranched alkanes of at least 4 members (excludes halogenated alkanes) is 13. The molecule has 0 aliphatic carbocycles. The van der Waals surface area contributed by atoms with Crippen molar-refractivity contribution in [1.29, 1.82) is 0 Å². The molecule has 0 atom stereocenters. The first-order valence-corrected chi connectivity index (χ1v) is 10.3. The molecular formula is C21H42NO2+. The summed E-state index contributed by atoms with van der Waals surface area (Å²) in [7, 11) is 1.74. The van der Waals surface area contributed by atoms with Crippen molar-refractivity contribution in [2.24, 2.45) is 0 Å². The number of quaternary nitrogens is 1. The second-order valence-corrected chi connectivity index (χ2v) is 7.55. The molecule has 0 aliphatic heterocycles. The van der Waals surface area contributed by atoms with Gasteiger partial charge in [-0.3, -0.25) is 0 Å². The molecule has 2 amide bonds. The van der Waals surface area contributed by atoms with Crippen LogP contribution in [0.2, 0.25) is 0 Å². The second kappa shape index (κ2) is 14.6. The third-order valence-corrected chi connectivity index (χ3v) is 5.35. The summed E-state index contributed by atoms with van der Waals surface area (Å²) in [5.74, 6) is -0.0885. The van der Waals surface area contributed by atoms with Gasteiger partial charge in [-0.25, -0.2) is 14.1 Å². The van der Waals surface area contributed by atoms with E-state index in [1.165, 1.54) is 90.9 Å². The highest BCUT2D eigenvalue weighted by molar-refractivity contribution is 5.81. The Kier molecular flexibility index (Phi) is 14.2. The van der Waals surface area contributed by atoms with Crippen LogP contribution in [0.1, 0.15) is 111 Å². The van der Waals surface area contributed by atoms with Gasteiger partial charge in [0.1, 0.15) is 0 Å². The van der Waals surface area contributed by atoms with Gasteiger partial charge in [-0.05, 0) is 12.8 Å². The van der Waals surface area contributed by atoms with Gasteiger partial charge in [0.25, 0.3) is 0 Å². The number of imide groups is 1. The molecule has 0 saturated heterocycles. The SMILES string of the molecule is CCCCCCCCCCCCCCCC[N+](C)(C(C)=O)C(C)=O. The van der Waals surface area contributed by atoms with Gasteiger partial charge in [0.05, 0.1) is 27.4 Å². The third-order valence-electron chi connectivity index (χ3n) is 5.35. The summed E-state index contributed by atoms with van der Waals surface area (Å²) < 4.78 is -0.0434. The highest BCUT2D eigenvalue weighted by Crippen LogP contribution is 2.14. The molecule has 3 heteroatoms. The van der Waals surface area contributed by atoms with E-state index in [9.17, 15) is 9.59 Å². The average Bonchev–Trinajstić information content (AvgIpc) is 2.54. The minimum absolute atomic E-state index is 0.0434. The van der Waals surface area contributed by atoms with Crippen molar-refractivity contribution < 1.29 is 14.1 Å². The fourth-order valence-corrected chi connectivity index (χ4v) is 3.16. The Morgan fingerprint density at radius 1 is 0.583 bits per heavy atom. The number of carbonyl (C=O) groups excluding carboxylic acids is 2. The van der Waals surface area contributed by atoms with E-state index in [1.54, 1.807) is 7.05 Å². The van der Waals surface area contributed by atoms with Crippen LogP contribution in [-0.4, -0.2) is 29.9 Å². The minimum atomic E-state index is -0.0443. The van der Waals surface area contributed by atoms with Crippen LogP contribution in [0.5, 0.6) is 0 Å². The van der Waals surface area contributed by atoms with Crippen molar-refractivity contribution in [1.82, 2.24) is 0 Å².